The van der Waals surface area contributed by atoms with E-state index in [1.807, 2.05) is 0 Å². The molecule has 94 valence electrons. The van der Waals surface area contributed by atoms with Crippen molar-refractivity contribution in [1.29, 1.82) is 0 Å². The van der Waals surface area contributed by atoms with Crippen LogP contribution in [0, 0.1) is 11.8 Å². The van der Waals surface area contributed by atoms with E-state index < -0.39 is 10.2 Å². The van der Waals surface area contributed by atoms with Gasteiger partial charge in [-0.1, -0.05) is 0 Å². The van der Waals surface area contributed by atoms with Crippen LogP contribution in [-0.2, 0) is 14.9 Å². The molecule has 0 radical (unpaired) electrons. The minimum atomic E-state index is -3.30. The summed E-state index contributed by atoms with van der Waals surface area (Å²) in [7, 11) is -1.74. The second kappa shape index (κ2) is 4.97. The highest BCUT2D eigenvalue weighted by Gasteiger charge is 2.40. The third-order valence-corrected chi connectivity index (χ3v) is 4.83. The molecule has 0 saturated carbocycles. The number of ether oxygens (including phenoxy) is 1. The fraction of sp³-hybridized carbons (Fsp3) is 1.00. The molecule has 0 unspecified atom stereocenters. The molecule has 0 aromatic carbocycles. The van der Waals surface area contributed by atoms with Crippen molar-refractivity contribution in [3.8, 4) is 0 Å². The molecule has 2 fully saturated rings. The van der Waals surface area contributed by atoms with Gasteiger partial charge in [0.1, 0.15) is 0 Å². The average Bonchev–Trinajstić information content (AvgIpc) is 2.76. The normalized spacial score (nSPS) is 30.8. The molecule has 2 atom stereocenters. The molecule has 6 nitrogen and oxygen atoms in total. The molecule has 0 aliphatic carbocycles. The number of hydrogen-bond acceptors (Lipinski definition) is 4. The van der Waals surface area contributed by atoms with Crippen molar-refractivity contribution in [1.82, 2.24) is 14.3 Å². The van der Waals surface area contributed by atoms with Crippen molar-refractivity contribution >= 4 is 10.2 Å². The van der Waals surface area contributed by atoms with Gasteiger partial charge >= 0.3 is 0 Å². The lowest BCUT2D eigenvalue weighted by molar-refractivity contribution is 0.204. The van der Waals surface area contributed by atoms with E-state index >= 15 is 0 Å². The lowest BCUT2D eigenvalue weighted by atomic mass is 10.0. The summed E-state index contributed by atoms with van der Waals surface area (Å²) >= 11 is 0. The molecule has 2 heterocycles. The van der Waals surface area contributed by atoms with Gasteiger partial charge in [0.15, 0.2) is 0 Å². The van der Waals surface area contributed by atoms with E-state index in [1.54, 1.807) is 11.4 Å². The fourth-order valence-electron chi connectivity index (χ4n) is 2.37. The first-order valence-corrected chi connectivity index (χ1v) is 7.02. The van der Waals surface area contributed by atoms with Crippen LogP contribution in [0.1, 0.15) is 0 Å². The average molecular weight is 249 g/mol. The monoisotopic (exact) mass is 249 g/mol. The number of methoxy groups -OCH3 is 1. The van der Waals surface area contributed by atoms with Gasteiger partial charge in [0.25, 0.3) is 10.2 Å². The summed E-state index contributed by atoms with van der Waals surface area (Å²) in [5.41, 5.74) is 0. The molecular weight excluding hydrogens is 230 g/mol. The zero-order chi connectivity index (χ0) is 11.6. The van der Waals surface area contributed by atoms with Crippen molar-refractivity contribution in [3.05, 3.63) is 0 Å². The largest absolute Gasteiger partial charge is 0.383 e. The Morgan fingerprint density at radius 3 is 2.56 bits per heavy atom. The first-order chi connectivity index (χ1) is 7.63. The van der Waals surface area contributed by atoms with Crippen LogP contribution in [0.15, 0.2) is 0 Å². The Kier molecular flexibility index (Phi) is 3.81. The summed E-state index contributed by atoms with van der Waals surface area (Å²) < 4.78 is 32.7. The second-order valence-corrected chi connectivity index (χ2v) is 6.14. The lowest BCUT2D eigenvalue weighted by Gasteiger charge is -2.17. The summed E-state index contributed by atoms with van der Waals surface area (Å²) in [5.74, 6) is 0.970. The molecule has 0 aromatic heterocycles. The van der Waals surface area contributed by atoms with Gasteiger partial charge in [-0.15, -0.1) is 0 Å². The Morgan fingerprint density at radius 1 is 1.38 bits per heavy atom. The van der Waals surface area contributed by atoms with Crippen LogP contribution in [0.25, 0.3) is 0 Å². The zero-order valence-electron chi connectivity index (χ0n) is 9.48. The van der Waals surface area contributed by atoms with Gasteiger partial charge in [0.05, 0.1) is 6.61 Å². The molecule has 2 rings (SSSR count). The first-order valence-electron chi connectivity index (χ1n) is 5.58. The van der Waals surface area contributed by atoms with E-state index in [9.17, 15) is 8.42 Å². The van der Waals surface area contributed by atoms with Gasteiger partial charge in [-0.2, -0.15) is 17.4 Å². The summed E-state index contributed by atoms with van der Waals surface area (Å²) in [4.78, 5) is 0. The third kappa shape index (κ3) is 2.54. The highest BCUT2D eigenvalue weighted by atomic mass is 32.2. The minimum absolute atomic E-state index is 0.336. The quantitative estimate of drug-likeness (QED) is 0.589. The van der Waals surface area contributed by atoms with Crippen LogP contribution >= 0.6 is 0 Å². The van der Waals surface area contributed by atoms with E-state index in [1.165, 1.54) is 0 Å². The molecule has 0 amide bonds. The number of rotatable bonds is 5. The molecule has 0 aromatic rings. The summed E-state index contributed by atoms with van der Waals surface area (Å²) in [6.45, 7) is 3.90. The lowest BCUT2D eigenvalue weighted by Crippen LogP contribution is -2.41. The molecular formula is C9H19N3O3S. The fourth-order valence-corrected chi connectivity index (χ4v) is 3.67. The van der Waals surface area contributed by atoms with Gasteiger partial charge in [0, 0.05) is 26.7 Å². The number of hydrogen-bond donors (Lipinski definition) is 2. The van der Waals surface area contributed by atoms with E-state index in [-0.39, 0.29) is 0 Å². The van der Waals surface area contributed by atoms with Crippen LogP contribution in [0.3, 0.4) is 0 Å². The van der Waals surface area contributed by atoms with Crippen molar-refractivity contribution in [2.24, 2.45) is 11.8 Å². The standard InChI is InChI=1S/C9H19N3O3S/c1-15-3-2-11-16(13,14)12-6-8-4-10-5-9(8)7-12/h8-11H,2-7H2,1H3/t8-,9+. The van der Waals surface area contributed by atoms with Crippen LogP contribution in [-0.4, -0.2) is 59.2 Å². The highest BCUT2D eigenvalue weighted by Crippen LogP contribution is 2.27. The van der Waals surface area contributed by atoms with Gasteiger partial charge in [-0.05, 0) is 24.9 Å². The van der Waals surface area contributed by atoms with Crippen LogP contribution in [0.2, 0.25) is 0 Å². The molecule has 7 heteroatoms. The van der Waals surface area contributed by atoms with E-state index in [0.717, 1.165) is 13.1 Å². The Hall–Kier alpha value is -0.210. The van der Waals surface area contributed by atoms with Gasteiger partial charge in [0.2, 0.25) is 0 Å². The predicted molar refractivity (Wildman–Crippen MR) is 60.2 cm³/mol. The van der Waals surface area contributed by atoms with Crippen LogP contribution in [0.5, 0.6) is 0 Å². The van der Waals surface area contributed by atoms with E-state index in [2.05, 4.69) is 10.0 Å². The molecule has 2 N–H and O–H groups in total. The van der Waals surface area contributed by atoms with E-state index in [4.69, 9.17) is 4.74 Å². The maximum absolute atomic E-state index is 11.9. The van der Waals surface area contributed by atoms with Crippen molar-refractivity contribution in [2.45, 2.75) is 0 Å². The van der Waals surface area contributed by atoms with E-state index in [0.29, 0.717) is 38.1 Å². The topological polar surface area (TPSA) is 70.7 Å². The first kappa shape index (κ1) is 12.3. The molecule has 2 aliphatic rings. The third-order valence-electron chi connectivity index (χ3n) is 3.29. The Bertz CT molecular complexity index is 321. The molecule has 2 aliphatic heterocycles. The number of fused-ring (bicyclic) bond motifs is 1. The van der Waals surface area contributed by atoms with Gasteiger partial charge < -0.3 is 10.1 Å². The molecule has 2 saturated heterocycles. The highest BCUT2D eigenvalue weighted by molar-refractivity contribution is 7.87. The Labute approximate surface area is 96.5 Å². The number of nitrogens with zero attached hydrogens (tertiary/aromatic N) is 1. The SMILES string of the molecule is COCCNS(=O)(=O)N1C[C@H]2CNC[C@H]2C1. The number of nitrogens with one attached hydrogen (secondary N) is 2. The van der Waals surface area contributed by atoms with Crippen LogP contribution < -0.4 is 10.0 Å². The Balaban J connectivity index is 1.88. The Morgan fingerprint density at radius 2 is 2.00 bits per heavy atom. The minimum Gasteiger partial charge on any atom is -0.383 e. The zero-order valence-corrected chi connectivity index (χ0v) is 10.3. The summed E-state index contributed by atoms with van der Waals surface area (Å²) in [6, 6.07) is 0. The van der Waals surface area contributed by atoms with Crippen molar-refractivity contribution in [3.63, 3.8) is 0 Å². The smallest absolute Gasteiger partial charge is 0.279 e. The van der Waals surface area contributed by atoms with Crippen LogP contribution in [0.4, 0.5) is 0 Å². The van der Waals surface area contributed by atoms with Crippen molar-refractivity contribution < 1.29 is 13.2 Å². The van der Waals surface area contributed by atoms with Gasteiger partial charge in [-0.3, -0.25) is 0 Å². The molecule has 0 spiro atoms. The maximum atomic E-state index is 11.9. The maximum Gasteiger partial charge on any atom is 0.279 e. The second-order valence-electron chi connectivity index (χ2n) is 4.39. The summed E-state index contributed by atoms with van der Waals surface area (Å²) in [5, 5.41) is 3.29. The van der Waals surface area contributed by atoms with Crippen molar-refractivity contribution in [2.75, 3.05) is 46.4 Å². The molecule has 16 heavy (non-hydrogen) atoms. The van der Waals surface area contributed by atoms with Gasteiger partial charge in [-0.25, -0.2) is 0 Å². The molecule has 0 bridgehead atoms. The predicted octanol–water partition coefficient (Wildman–Crippen LogP) is -1.38. The summed E-state index contributed by atoms with van der Waals surface area (Å²) in [6.07, 6.45) is 0.